The zero-order valence-corrected chi connectivity index (χ0v) is 14.5. The fourth-order valence-electron chi connectivity index (χ4n) is 2.31. The van der Waals surface area contributed by atoms with E-state index in [1.54, 1.807) is 7.11 Å². The van der Waals surface area contributed by atoms with Gasteiger partial charge in [-0.25, -0.2) is 0 Å². The smallest absolute Gasteiger partial charge is 0.193 e. The lowest BCUT2D eigenvalue weighted by Crippen LogP contribution is -2.41. The summed E-state index contributed by atoms with van der Waals surface area (Å²) in [5.74, 6) is 3.58. The highest BCUT2D eigenvalue weighted by atomic mass is 16.5. The van der Waals surface area contributed by atoms with Crippen LogP contribution in [0.2, 0.25) is 0 Å². The highest BCUT2D eigenvalue weighted by Crippen LogP contribution is 2.32. The summed E-state index contributed by atoms with van der Waals surface area (Å²) >= 11 is 0. The van der Waals surface area contributed by atoms with Gasteiger partial charge in [-0.2, -0.15) is 0 Å². The molecule has 0 atom stereocenters. The maximum absolute atomic E-state index is 5.78. The Morgan fingerprint density at radius 2 is 1.96 bits per heavy atom. The molecule has 1 N–H and O–H groups in total. The van der Waals surface area contributed by atoms with Crippen LogP contribution in [0.25, 0.3) is 0 Å². The molecule has 0 saturated heterocycles. The molecule has 0 bridgehead atoms. The predicted molar refractivity (Wildman–Crippen MR) is 94.4 cm³/mol. The lowest BCUT2D eigenvalue weighted by atomic mass is 10.3. The molecule has 0 unspecified atom stereocenters. The number of benzene rings is 1. The summed E-state index contributed by atoms with van der Waals surface area (Å²) < 4.78 is 10.9. The van der Waals surface area contributed by atoms with Crippen LogP contribution >= 0.6 is 0 Å². The van der Waals surface area contributed by atoms with E-state index in [4.69, 9.17) is 14.5 Å². The number of hydrogen-bond acceptors (Lipinski definition) is 3. The maximum atomic E-state index is 5.78. The molecular weight excluding hydrogens is 290 g/mol. The molecule has 1 aliphatic rings. The number of ether oxygens (including phenoxy) is 2. The number of nitrogens with one attached hydrogen (secondary N) is 1. The topological polar surface area (TPSA) is 46.1 Å². The van der Waals surface area contributed by atoms with Gasteiger partial charge < -0.3 is 19.7 Å². The molecule has 1 fully saturated rings. The largest absolute Gasteiger partial charge is 0.497 e. The molecule has 23 heavy (non-hydrogen) atoms. The number of guanidine groups is 1. The molecular formula is C18H29N3O2. The van der Waals surface area contributed by atoms with E-state index in [1.807, 2.05) is 24.3 Å². The van der Waals surface area contributed by atoms with Crippen LogP contribution in [0.5, 0.6) is 11.5 Å². The number of rotatable bonds is 9. The van der Waals surface area contributed by atoms with E-state index in [-0.39, 0.29) is 0 Å². The lowest BCUT2D eigenvalue weighted by molar-refractivity contribution is 0.281. The van der Waals surface area contributed by atoms with Crippen molar-refractivity contribution in [3.63, 3.8) is 0 Å². The molecule has 0 amide bonds. The minimum absolute atomic E-state index is 0.621. The predicted octanol–water partition coefficient (Wildman–Crippen LogP) is 2.77. The van der Waals surface area contributed by atoms with E-state index in [2.05, 4.69) is 24.2 Å². The summed E-state index contributed by atoms with van der Waals surface area (Å²) in [6.07, 6.45) is 3.99. The summed E-state index contributed by atoms with van der Waals surface area (Å²) in [4.78, 5) is 6.83. The van der Waals surface area contributed by atoms with E-state index in [0.717, 1.165) is 43.0 Å². The van der Waals surface area contributed by atoms with Crippen molar-refractivity contribution < 1.29 is 9.47 Å². The molecule has 5 heteroatoms. The Labute approximate surface area is 139 Å². The van der Waals surface area contributed by atoms with Crippen LogP contribution in [0, 0.1) is 5.92 Å². The fraction of sp³-hybridized carbons (Fsp3) is 0.611. The number of aliphatic imine (C=N–C) groups is 1. The third kappa shape index (κ3) is 6.38. The van der Waals surface area contributed by atoms with Crippen LogP contribution in [0.15, 0.2) is 29.3 Å². The quantitative estimate of drug-likeness (QED) is 0.561. The van der Waals surface area contributed by atoms with Gasteiger partial charge in [0.2, 0.25) is 0 Å². The first-order valence-corrected chi connectivity index (χ1v) is 8.49. The lowest BCUT2D eigenvalue weighted by Gasteiger charge is -2.22. The van der Waals surface area contributed by atoms with Gasteiger partial charge in [-0.15, -0.1) is 0 Å². The molecule has 0 aromatic heterocycles. The van der Waals surface area contributed by atoms with Gasteiger partial charge >= 0.3 is 0 Å². The van der Waals surface area contributed by atoms with E-state index in [1.165, 1.54) is 19.3 Å². The first kappa shape index (κ1) is 17.4. The summed E-state index contributed by atoms with van der Waals surface area (Å²) in [5, 5.41) is 3.34. The molecule has 1 aromatic carbocycles. The van der Waals surface area contributed by atoms with Gasteiger partial charge in [0.1, 0.15) is 18.1 Å². The van der Waals surface area contributed by atoms with Gasteiger partial charge in [0.15, 0.2) is 5.96 Å². The summed E-state index contributed by atoms with van der Waals surface area (Å²) in [7, 11) is 3.71. The van der Waals surface area contributed by atoms with Gasteiger partial charge in [0, 0.05) is 20.1 Å². The fourth-order valence-corrected chi connectivity index (χ4v) is 2.31. The van der Waals surface area contributed by atoms with Crippen molar-refractivity contribution in [3.05, 3.63) is 24.3 Å². The van der Waals surface area contributed by atoms with Gasteiger partial charge in [-0.3, -0.25) is 4.99 Å². The normalized spacial score (nSPS) is 14.5. The van der Waals surface area contributed by atoms with Crippen molar-refractivity contribution in [1.29, 1.82) is 0 Å². The van der Waals surface area contributed by atoms with Crippen LogP contribution in [0.4, 0.5) is 0 Å². The standard InChI is InChI=1S/C18H29N3O2/c1-4-19-18(20-12-11-15-5-6-15)21(2)13-14-23-17-9-7-16(22-3)8-10-17/h7-10,15H,4-6,11-14H2,1-3H3,(H,19,20). The number of likely N-dealkylation sites (N-methyl/N-ethyl adjacent to an activating group) is 1. The second-order valence-corrected chi connectivity index (χ2v) is 5.91. The van der Waals surface area contributed by atoms with E-state index < -0.39 is 0 Å². The summed E-state index contributed by atoms with van der Waals surface area (Å²) in [6, 6.07) is 7.66. The van der Waals surface area contributed by atoms with Crippen molar-refractivity contribution in [1.82, 2.24) is 10.2 Å². The zero-order valence-electron chi connectivity index (χ0n) is 14.5. The van der Waals surface area contributed by atoms with Crippen molar-refractivity contribution in [2.75, 3.05) is 40.4 Å². The third-order valence-corrected chi connectivity index (χ3v) is 3.95. The van der Waals surface area contributed by atoms with Gasteiger partial charge in [0.25, 0.3) is 0 Å². The van der Waals surface area contributed by atoms with Crippen molar-refractivity contribution in [2.24, 2.45) is 10.9 Å². The Bertz CT molecular complexity index is 484. The molecule has 5 nitrogen and oxygen atoms in total. The SMILES string of the molecule is CCNC(=NCCC1CC1)N(C)CCOc1ccc(OC)cc1. The maximum Gasteiger partial charge on any atom is 0.193 e. The summed E-state index contributed by atoms with van der Waals surface area (Å²) in [5.41, 5.74) is 0. The Balaban J connectivity index is 1.74. The monoisotopic (exact) mass is 319 g/mol. The molecule has 0 spiro atoms. The Hall–Kier alpha value is -1.91. The van der Waals surface area contributed by atoms with Crippen molar-refractivity contribution >= 4 is 5.96 Å². The van der Waals surface area contributed by atoms with Crippen LogP contribution < -0.4 is 14.8 Å². The van der Waals surface area contributed by atoms with Crippen LogP contribution in [-0.4, -0.2) is 51.3 Å². The summed E-state index contributed by atoms with van der Waals surface area (Å²) in [6.45, 7) is 5.30. The second-order valence-electron chi connectivity index (χ2n) is 5.91. The molecule has 0 radical (unpaired) electrons. The number of nitrogens with zero attached hydrogens (tertiary/aromatic N) is 2. The Morgan fingerprint density at radius 1 is 1.26 bits per heavy atom. The molecule has 1 saturated carbocycles. The molecule has 0 aliphatic heterocycles. The zero-order chi connectivity index (χ0) is 16.5. The van der Waals surface area contributed by atoms with Crippen LogP contribution in [-0.2, 0) is 0 Å². The number of hydrogen-bond donors (Lipinski definition) is 1. The Morgan fingerprint density at radius 3 is 2.57 bits per heavy atom. The van der Waals surface area contributed by atoms with Gasteiger partial charge in [0.05, 0.1) is 13.7 Å². The molecule has 0 heterocycles. The van der Waals surface area contributed by atoms with E-state index in [0.29, 0.717) is 6.61 Å². The highest BCUT2D eigenvalue weighted by molar-refractivity contribution is 5.79. The average Bonchev–Trinajstić information content (AvgIpc) is 3.39. The van der Waals surface area contributed by atoms with Crippen molar-refractivity contribution in [2.45, 2.75) is 26.2 Å². The second kappa shape index (κ2) is 9.28. The third-order valence-electron chi connectivity index (χ3n) is 3.95. The highest BCUT2D eigenvalue weighted by Gasteiger charge is 2.20. The Kier molecular flexibility index (Phi) is 7.04. The minimum atomic E-state index is 0.621. The minimum Gasteiger partial charge on any atom is -0.497 e. The average molecular weight is 319 g/mol. The van der Waals surface area contributed by atoms with E-state index in [9.17, 15) is 0 Å². The molecule has 1 aromatic rings. The molecule has 2 rings (SSSR count). The molecule has 128 valence electrons. The van der Waals surface area contributed by atoms with Crippen molar-refractivity contribution in [3.8, 4) is 11.5 Å². The number of methoxy groups -OCH3 is 1. The first-order valence-electron chi connectivity index (χ1n) is 8.49. The first-order chi connectivity index (χ1) is 11.2. The van der Waals surface area contributed by atoms with Gasteiger partial charge in [-0.1, -0.05) is 12.8 Å². The van der Waals surface area contributed by atoms with Crippen LogP contribution in [0.1, 0.15) is 26.2 Å². The van der Waals surface area contributed by atoms with Gasteiger partial charge in [-0.05, 0) is 43.5 Å². The molecule has 1 aliphatic carbocycles. The van der Waals surface area contributed by atoms with Crippen LogP contribution in [0.3, 0.4) is 0 Å². The van der Waals surface area contributed by atoms with E-state index >= 15 is 0 Å².